The number of hydrogen-bond acceptors (Lipinski definition) is 5. The van der Waals surface area contributed by atoms with Crippen molar-refractivity contribution in [2.75, 3.05) is 32.0 Å². The molecule has 5 nitrogen and oxygen atoms in total. The molecule has 0 spiro atoms. The van der Waals surface area contributed by atoms with Gasteiger partial charge >= 0.3 is 0 Å². The number of nitrogens with one attached hydrogen (secondary N) is 1. The average Bonchev–Trinajstić information content (AvgIpc) is 3.04. The summed E-state index contributed by atoms with van der Waals surface area (Å²) < 4.78 is 0. The summed E-state index contributed by atoms with van der Waals surface area (Å²) in [5.74, 6) is 0. The summed E-state index contributed by atoms with van der Waals surface area (Å²) >= 11 is 0. The van der Waals surface area contributed by atoms with Crippen LogP contribution in [0.15, 0.2) is 35.0 Å². The highest BCUT2D eigenvalue weighted by Crippen LogP contribution is 2.21. The lowest BCUT2D eigenvalue weighted by Gasteiger charge is -2.14. The summed E-state index contributed by atoms with van der Waals surface area (Å²) in [6, 6.07) is 7.67. The fraction of sp³-hybridized carbons (Fsp3) is 0.375. The molecule has 1 fully saturated rings. The highest BCUT2D eigenvalue weighted by Gasteiger charge is 2.12. The lowest BCUT2D eigenvalue weighted by atomic mass is 10.1. The summed E-state index contributed by atoms with van der Waals surface area (Å²) in [5, 5.41) is 12.1. The van der Waals surface area contributed by atoms with Crippen LogP contribution in [0.1, 0.15) is 18.4 Å². The van der Waals surface area contributed by atoms with Crippen LogP contribution in [0.4, 0.5) is 11.4 Å². The Hall–Kier alpha value is -2.32. The van der Waals surface area contributed by atoms with Crippen molar-refractivity contribution in [3.8, 4) is 6.07 Å². The number of nitrogens with two attached hydrogens (primary N) is 1. The molecular weight excluding hydrogens is 262 g/mol. The van der Waals surface area contributed by atoms with Crippen LogP contribution in [0.5, 0.6) is 0 Å². The van der Waals surface area contributed by atoms with Crippen LogP contribution in [0.25, 0.3) is 0 Å². The summed E-state index contributed by atoms with van der Waals surface area (Å²) in [6.07, 6.45) is 5.90. The molecule has 1 aromatic carbocycles. The molecule has 0 atom stereocenters. The normalized spacial score (nSPS) is 16.3. The molecule has 0 radical (unpaired) electrons. The van der Waals surface area contributed by atoms with Crippen LogP contribution in [-0.2, 0) is 0 Å². The number of hydrogen-bond donors (Lipinski definition) is 2. The third-order valence-corrected chi connectivity index (χ3v) is 3.59. The molecule has 1 heterocycles. The molecule has 0 unspecified atom stereocenters. The molecule has 2 rings (SSSR count). The first kappa shape index (κ1) is 15.1. The van der Waals surface area contributed by atoms with Crippen molar-refractivity contribution in [1.29, 1.82) is 5.26 Å². The van der Waals surface area contributed by atoms with Crippen LogP contribution in [0, 0.1) is 11.3 Å². The van der Waals surface area contributed by atoms with Gasteiger partial charge in [0.25, 0.3) is 0 Å². The van der Waals surface area contributed by atoms with Crippen molar-refractivity contribution in [3.05, 3.63) is 35.5 Å². The maximum atomic E-state index is 9.11. The van der Waals surface area contributed by atoms with E-state index in [0.717, 1.165) is 36.6 Å². The molecule has 0 aliphatic carbocycles. The lowest BCUT2D eigenvalue weighted by molar-refractivity contribution is 0.373. The molecule has 5 heteroatoms. The van der Waals surface area contributed by atoms with Crippen molar-refractivity contribution in [1.82, 2.24) is 4.90 Å². The van der Waals surface area contributed by atoms with E-state index in [1.54, 1.807) is 25.5 Å². The first-order chi connectivity index (χ1) is 10.3. The second-order valence-electron chi connectivity index (χ2n) is 5.07. The van der Waals surface area contributed by atoms with Crippen LogP contribution in [0.3, 0.4) is 0 Å². The zero-order valence-corrected chi connectivity index (χ0v) is 12.3. The van der Waals surface area contributed by atoms with Gasteiger partial charge in [0, 0.05) is 19.8 Å². The molecule has 0 saturated carbocycles. The van der Waals surface area contributed by atoms with Gasteiger partial charge in [-0.2, -0.15) is 5.26 Å². The lowest BCUT2D eigenvalue weighted by Crippen LogP contribution is -2.22. The maximum absolute atomic E-state index is 9.11. The van der Waals surface area contributed by atoms with Gasteiger partial charge in [-0.05, 0) is 55.9 Å². The van der Waals surface area contributed by atoms with E-state index in [9.17, 15) is 0 Å². The predicted molar refractivity (Wildman–Crippen MR) is 86.8 cm³/mol. The van der Waals surface area contributed by atoms with Gasteiger partial charge in [0.05, 0.1) is 16.9 Å². The Labute approximate surface area is 125 Å². The van der Waals surface area contributed by atoms with E-state index >= 15 is 0 Å². The first-order valence-corrected chi connectivity index (χ1v) is 7.16. The number of nitrogens with zero attached hydrogens (tertiary/aromatic N) is 3. The van der Waals surface area contributed by atoms with E-state index in [4.69, 9.17) is 11.0 Å². The molecule has 3 N–H and O–H groups in total. The minimum Gasteiger partial charge on any atom is -0.404 e. The number of benzene rings is 1. The molecule has 1 aliphatic rings. The largest absolute Gasteiger partial charge is 0.404 e. The summed E-state index contributed by atoms with van der Waals surface area (Å²) in [4.78, 5) is 6.80. The highest BCUT2D eigenvalue weighted by atomic mass is 15.1. The standard InChI is InChI=1S/C16H21N5/c1-19-16-5-4-15(8-14(16)10-18)20-11-13(9-17)12-21-6-2-3-7-21/h4-5,8-9,11,19H,2-3,6-7,12,17H2,1H3. The quantitative estimate of drug-likeness (QED) is 0.812. The van der Waals surface area contributed by atoms with Crippen LogP contribution in [0.2, 0.25) is 0 Å². The number of nitriles is 1. The number of anilines is 1. The fourth-order valence-corrected chi connectivity index (χ4v) is 2.42. The fourth-order valence-electron chi connectivity index (χ4n) is 2.42. The van der Waals surface area contributed by atoms with Crippen LogP contribution in [-0.4, -0.2) is 37.8 Å². The van der Waals surface area contributed by atoms with Crippen molar-refractivity contribution in [2.45, 2.75) is 12.8 Å². The Morgan fingerprint density at radius 1 is 1.48 bits per heavy atom. The van der Waals surface area contributed by atoms with E-state index in [2.05, 4.69) is 21.3 Å². The van der Waals surface area contributed by atoms with Crippen LogP contribution < -0.4 is 11.1 Å². The first-order valence-electron chi connectivity index (χ1n) is 7.16. The summed E-state index contributed by atoms with van der Waals surface area (Å²) in [5.41, 5.74) is 8.82. The second-order valence-corrected chi connectivity index (χ2v) is 5.07. The van der Waals surface area contributed by atoms with Gasteiger partial charge in [-0.3, -0.25) is 9.89 Å². The third kappa shape index (κ3) is 4.07. The smallest absolute Gasteiger partial charge is 0.101 e. The zero-order chi connectivity index (χ0) is 15.1. The Bertz CT molecular complexity index is 577. The Balaban J connectivity index is 2.06. The van der Waals surface area contributed by atoms with Gasteiger partial charge in [0.15, 0.2) is 0 Å². The molecule has 1 aliphatic heterocycles. The van der Waals surface area contributed by atoms with E-state index in [1.165, 1.54) is 12.8 Å². The Morgan fingerprint density at radius 2 is 2.24 bits per heavy atom. The molecular formula is C16H21N5. The monoisotopic (exact) mass is 283 g/mol. The number of likely N-dealkylation sites (tertiary alicyclic amines) is 1. The molecule has 110 valence electrons. The average molecular weight is 283 g/mol. The summed E-state index contributed by atoms with van der Waals surface area (Å²) in [7, 11) is 1.80. The topological polar surface area (TPSA) is 77.4 Å². The van der Waals surface area contributed by atoms with Crippen LogP contribution >= 0.6 is 0 Å². The Kier molecular flexibility index (Phi) is 5.35. The van der Waals surface area contributed by atoms with E-state index in [1.807, 2.05) is 12.1 Å². The van der Waals surface area contributed by atoms with Crippen molar-refractivity contribution < 1.29 is 0 Å². The van der Waals surface area contributed by atoms with Crippen molar-refractivity contribution in [2.24, 2.45) is 10.7 Å². The molecule has 21 heavy (non-hydrogen) atoms. The maximum Gasteiger partial charge on any atom is 0.101 e. The van der Waals surface area contributed by atoms with Gasteiger partial charge in [-0.15, -0.1) is 0 Å². The van der Waals surface area contributed by atoms with E-state index < -0.39 is 0 Å². The predicted octanol–water partition coefficient (Wildman–Crippen LogP) is 2.24. The van der Waals surface area contributed by atoms with Crippen molar-refractivity contribution >= 4 is 17.6 Å². The van der Waals surface area contributed by atoms with Gasteiger partial charge in [-0.1, -0.05) is 0 Å². The number of rotatable bonds is 5. The minimum absolute atomic E-state index is 0.588. The van der Waals surface area contributed by atoms with Crippen molar-refractivity contribution in [3.63, 3.8) is 0 Å². The van der Waals surface area contributed by atoms with Gasteiger partial charge in [-0.25, -0.2) is 0 Å². The molecule has 0 amide bonds. The number of aliphatic imine (C=N–C) groups is 1. The van der Waals surface area contributed by atoms with E-state index in [0.29, 0.717) is 5.56 Å². The minimum atomic E-state index is 0.588. The SMILES string of the molecule is CNc1ccc(N=CC(=CN)CN2CCCC2)cc1C#N. The molecule has 0 aromatic heterocycles. The summed E-state index contributed by atoms with van der Waals surface area (Å²) in [6.45, 7) is 3.08. The zero-order valence-electron chi connectivity index (χ0n) is 12.3. The van der Waals surface area contributed by atoms with Gasteiger partial charge < -0.3 is 11.1 Å². The van der Waals surface area contributed by atoms with E-state index in [-0.39, 0.29) is 0 Å². The Morgan fingerprint density at radius 3 is 2.86 bits per heavy atom. The molecule has 1 aromatic rings. The van der Waals surface area contributed by atoms with Gasteiger partial charge in [0.1, 0.15) is 6.07 Å². The molecule has 1 saturated heterocycles. The third-order valence-electron chi connectivity index (χ3n) is 3.59. The highest BCUT2D eigenvalue weighted by molar-refractivity contribution is 5.81. The molecule has 0 bridgehead atoms. The van der Waals surface area contributed by atoms with Gasteiger partial charge in [0.2, 0.25) is 0 Å². The second kappa shape index (κ2) is 7.46.